The van der Waals surface area contributed by atoms with Gasteiger partial charge in [-0.3, -0.25) is 0 Å². The van der Waals surface area contributed by atoms with Crippen LogP contribution in [0.15, 0.2) is 15.9 Å². The van der Waals surface area contributed by atoms with Gasteiger partial charge in [0.1, 0.15) is 0 Å². The van der Waals surface area contributed by atoms with Crippen LogP contribution >= 0.6 is 27.3 Å². The third-order valence-corrected chi connectivity index (χ3v) is 7.26. The Morgan fingerprint density at radius 3 is 2.22 bits per heavy atom. The van der Waals surface area contributed by atoms with Gasteiger partial charge in [-0.15, -0.1) is 11.3 Å². The zero-order chi connectivity index (χ0) is 12.3. The summed E-state index contributed by atoms with van der Waals surface area (Å²) in [5.74, 6) is 3.02. The number of hydrogen-bond donors (Lipinski definition) is 1. The van der Waals surface area contributed by atoms with Crippen LogP contribution in [0.3, 0.4) is 0 Å². The maximum absolute atomic E-state index is 11.2. The molecule has 4 aliphatic rings. The van der Waals surface area contributed by atoms with Crippen molar-refractivity contribution < 1.29 is 5.11 Å². The molecule has 1 N–H and O–H groups in total. The Morgan fingerprint density at radius 1 is 1.11 bits per heavy atom. The van der Waals surface area contributed by atoms with Gasteiger partial charge in [-0.1, -0.05) is 0 Å². The van der Waals surface area contributed by atoms with Gasteiger partial charge >= 0.3 is 0 Å². The summed E-state index contributed by atoms with van der Waals surface area (Å²) in [6, 6.07) is 4.29. The summed E-state index contributed by atoms with van der Waals surface area (Å²) in [6.45, 7) is 0. The normalized spacial score (nSPS) is 45.7. The molecule has 0 spiro atoms. The van der Waals surface area contributed by atoms with E-state index in [4.69, 9.17) is 0 Å². The molecule has 0 saturated heterocycles. The fraction of sp³-hybridized carbons (Fsp3) is 0.733. The van der Waals surface area contributed by atoms with Gasteiger partial charge in [-0.05, 0) is 83.8 Å². The number of rotatable bonds is 2. The molecule has 4 fully saturated rings. The first-order valence-corrected chi connectivity index (χ1v) is 8.71. The van der Waals surface area contributed by atoms with Crippen LogP contribution in [0.2, 0.25) is 0 Å². The molecule has 1 nitrogen and oxygen atoms in total. The second-order valence-electron chi connectivity index (χ2n) is 6.68. The van der Waals surface area contributed by atoms with E-state index in [1.54, 1.807) is 11.3 Å². The van der Waals surface area contributed by atoms with Crippen LogP contribution in [-0.4, -0.2) is 10.7 Å². The Morgan fingerprint density at radius 2 is 1.72 bits per heavy atom. The first kappa shape index (κ1) is 11.9. The lowest BCUT2D eigenvalue weighted by atomic mass is 9.49. The predicted octanol–water partition coefficient (Wildman–Crippen LogP) is 4.24. The van der Waals surface area contributed by atoms with E-state index in [0.29, 0.717) is 11.8 Å². The summed E-state index contributed by atoms with van der Waals surface area (Å²) in [5, 5.41) is 11.2. The van der Waals surface area contributed by atoms with Crippen LogP contribution in [0.25, 0.3) is 0 Å². The molecule has 1 aromatic heterocycles. The molecule has 1 aromatic rings. The summed E-state index contributed by atoms with van der Waals surface area (Å²) >= 11 is 5.32. The highest BCUT2D eigenvalue weighted by Gasteiger charge is 2.56. The molecule has 5 rings (SSSR count). The number of thiophene rings is 1. The Balaban J connectivity index is 1.62. The van der Waals surface area contributed by atoms with Crippen LogP contribution in [0, 0.1) is 23.7 Å². The van der Waals surface area contributed by atoms with E-state index in [-0.39, 0.29) is 0 Å². The number of halogens is 1. The second-order valence-corrected chi connectivity index (χ2v) is 9.23. The summed E-state index contributed by atoms with van der Waals surface area (Å²) in [4.78, 5) is 1.34. The van der Waals surface area contributed by atoms with Gasteiger partial charge < -0.3 is 5.11 Å². The monoisotopic (exact) mass is 326 g/mol. The standard InChI is InChI=1S/C15H19BrOS/c16-14-2-1-13(18-14)8-15(17)11-4-9-3-10(6-11)7-12(15)5-9/h1-2,9-12,17H,3-8H2. The van der Waals surface area contributed by atoms with E-state index in [0.717, 1.165) is 18.3 Å². The average Bonchev–Trinajstić information content (AvgIpc) is 2.71. The molecule has 4 saturated carbocycles. The zero-order valence-corrected chi connectivity index (χ0v) is 12.8. The lowest BCUT2D eigenvalue weighted by Gasteiger charge is -2.59. The molecule has 0 aromatic carbocycles. The summed E-state index contributed by atoms with van der Waals surface area (Å²) in [5.41, 5.74) is -0.391. The molecule has 4 bridgehead atoms. The van der Waals surface area contributed by atoms with Crippen molar-refractivity contribution in [2.45, 2.75) is 44.1 Å². The fourth-order valence-electron chi connectivity index (χ4n) is 5.01. The third kappa shape index (κ3) is 1.74. The minimum absolute atomic E-state index is 0.391. The lowest BCUT2D eigenvalue weighted by Crippen LogP contribution is -2.58. The van der Waals surface area contributed by atoms with E-state index < -0.39 is 5.60 Å². The van der Waals surface area contributed by atoms with Crippen molar-refractivity contribution in [3.05, 3.63) is 20.8 Å². The minimum Gasteiger partial charge on any atom is -0.389 e. The average molecular weight is 327 g/mol. The topological polar surface area (TPSA) is 20.2 Å². The SMILES string of the molecule is OC1(Cc2ccc(Br)s2)C2CC3CC(C2)CC1C3. The Kier molecular flexibility index (Phi) is 2.69. The minimum atomic E-state index is -0.391. The van der Waals surface area contributed by atoms with Gasteiger partial charge in [0.05, 0.1) is 9.39 Å². The predicted molar refractivity (Wildman–Crippen MR) is 77.7 cm³/mol. The molecular weight excluding hydrogens is 308 g/mol. The van der Waals surface area contributed by atoms with E-state index in [2.05, 4.69) is 28.1 Å². The van der Waals surface area contributed by atoms with Crippen molar-refractivity contribution in [2.24, 2.45) is 23.7 Å². The molecule has 0 radical (unpaired) electrons. The van der Waals surface area contributed by atoms with Crippen molar-refractivity contribution in [1.82, 2.24) is 0 Å². The highest BCUT2D eigenvalue weighted by Crippen LogP contribution is 2.59. The Bertz CT molecular complexity index is 439. The quantitative estimate of drug-likeness (QED) is 0.861. The lowest BCUT2D eigenvalue weighted by molar-refractivity contribution is -0.171. The van der Waals surface area contributed by atoms with Gasteiger partial charge in [0, 0.05) is 11.3 Å². The van der Waals surface area contributed by atoms with Crippen molar-refractivity contribution in [3.8, 4) is 0 Å². The van der Waals surface area contributed by atoms with E-state index in [1.165, 1.54) is 40.8 Å². The first-order chi connectivity index (χ1) is 8.63. The fourth-order valence-corrected chi connectivity index (χ4v) is 6.60. The molecule has 0 aliphatic heterocycles. The Hall–Kier alpha value is 0.140. The van der Waals surface area contributed by atoms with E-state index >= 15 is 0 Å². The zero-order valence-electron chi connectivity index (χ0n) is 10.4. The van der Waals surface area contributed by atoms with E-state index in [9.17, 15) is 5.11 Å². The molecule has 18 heavy (non-hydrogen) atoms. The first-order valence-electron chi connectivity index (χ1n) is 7.10. The number of aliphatic hydroxyl groups is 1. The smallest absolute Gasteiger partial charge is 0.0752 e. The maximum atomic E-state index is 11.2. The highest BCUT2D eigenvalue weighted by molar-refractivity contribution is 9.11. The molecule has 0 atom stereocenters. The van der Waals surface area contributed by atoms with Crippen molar-refractivity contribution in [1.29, 1.82) is 0 Å². The van der Waals surface area contributed by atoms with Gasteiger partial charge in [0.15, 0.2) is 0 Å². The van der Waals surface area contributed by atoms with Crippen molar-refractivity contribution in [2.75, 3.05) is 0 Å². The van der Waals surface area contributed by atoms with Crippen LogP contribution in [-0.2, 0) is 6.42 Å². The van der Waals surface area contributed by atoms with Gasteiger partial charge in [-0.2, -0.15) is 0 Å². The largest absolute Gasteiger partial charge is 0.389 e. The molecule has 3 heteroatoms. The number of hydrogen-bond acceptors (Lipinski definition) is 2. The molecule has 1 heterocycles. The van der Waals surface area contributed by atoms with Crippen LogP contribution in [0.4, 0.5) is 0 Å². The van der Waals surface area contributed by atoms with Gasteiger partial charge in [-0.25, -0.2) is 0 Å². The van der Waals surface area contributed by atoms with Crippen molar-refractivity contribution >= 4 is 27.3 Å². The maximum Gasteiger partial charge on any atom is 0.0752 e. The van der Waals surface area contributed by atoms with Crippen molar-refractivity contribution in [3.63, 3.8) is 0 Å². The molecule has 0 unspecified atom stereocenters. The van der Waals surface area contributed by atoms with Gasteiger partial charge in [0.2, 0.25) is 0 Å². The van der Waals surface area contributed by atoms with Crippen LogP contribution in [0.5, 0.6) is 0 Å². The molecule has 98 valence electrons. The molecule has 4 aliphatic carbocycles. The third-order valence-electron chi connectivity index (χ3n) is 5.64. The van der Waals surface area contributed by atoms with Crippen LogP contribution < -0.4 is 0 Å². The summed E-state index contributed by atoms with van der Waals surface area (Å²) in [6.07, 6.45) is 7.49. The van der Waals surface area contributed by atoms with Gasteiger partial charge in [0.25, 0.3) is 0 Å². The summed E-state index contributed by atoms with van der Waals surface area (Å²) < 4.78 is 1.19. The molecule has 0 amide bonds. The van der Waals surface area contributed by atoms with E-state index in [1.807, 2.05) is 0 Å². The second kappa shape index (κ2) is 4.07. The summed E-state index contributed by atoms with van der Waals surface area (Å²) in [7, 11) is 0. The highest BCUT2D eigenvalue weighted by atomic mass is 79.9. The molecular formula is C15H19BrOS. The Labute approximate surface area is 121 Å². The van der Waals surface area contributed by atoms with Crippen LogP contribution in [0.1, 0.15) is 37.0 Å².